The van der Waals surface area contributed by atoms with E-state index in [4.69, 9.17) is 16.9 Å². The zero-order valence-corrected chi connectivity index (χ0v) is 12.1. The Morgan fingerprint density at radius 2 is 2.05 bits per heavy atom. The molecule has 0 saturated heterocycles. The van der Waals surface area contributed by atoms with Gasteiger partial charge in [0.25, 0.3) is 0 Å². The van der Waals surface area contributed by atoms with Crippen molar-refractivity contribution in [3.63, 3.8) is 0 Å². The molecule has 0 fully saturated rings. The minimum absolute atomic E-state index is 0.364. The minimum atomic E-state index is -0.366. The number of halogens is 3. The van der Waals surface area contributed by atoms with Crippen molar-refractivity contribution in [1.29, 1.82) is 5.26 Å². The fourth-order valence-electron chi connectivity index (χ4n) is 1.62. The van der Waals surface area contributed by atoms with Gasteiger partial charge in [0, 0.05) is 16.0 Å². The van der Waals surface area contributed by atoms with Crippen LogP contribution in [0.2, 0.25) is 5.02 Å². The predicted molar refractivity (Wildman–Crippen MR) is 77.6 cm³/mol. The van der Waals surface area contributed by atoms with Crippen LogP contribution in [0.3, 0.4) is 0 Å². The summed E-state index contributed by atoms with van der Waals surface area (Å²) in [5, 5.41) is 12.5. The fourth-order valence-corrected chi connectivity index (χ4v) is 2.21. The van der Waals surface area contributed by atoms with Crippen LogP contribution in [0.4, 0.5) is 10.1 Å². The summed E-state index contributed by atoms with van der Waals surface area (Å²) in [6, 6.07) is 11.7. The maximum absolute atomic E-state index is 12.9. The van der Waals surface area contributed by atoms with Crippen LogP contribution in [0.25, 0.3) is 0 Å². The van der Waals surface area contributed by atoms with Crippen LogP contribution >= 0.6 is 27.5 Å². The Balaban J connectivity index is 2.17. The molecular weight excluding hydrogens is 331 g/mol. The van der Waals surface area contributed by atoms with E-state index in [1.165, 1.54) is 12.1 Å². The lowest BCUT2D eigenvalue weighted by Gasteiger charge is -2.10. The summed E-state index contributed by atoms with van der Waals surface area (Å²) in [5.74, 6) is -0.366. The summed E-state index contributed by atoms with van der Waals surface area (Å²) >= 11 is 9.25. The zero-order valence-electron chi connectivity index (χ0n) is 9.75. The Labute approximate surface area is 123 Å². The van der Waals surface area contributed by atoms with Gasteiger partial charge >= 0.3 is 0 Å². The molecule has 2 aromatic rings. The Hall–Kier alpha value is -1.57. The molecule has 5 heteroatoms. The molecule has 2 aromatic carbocycles. The summed E-state index contributed by atoms with van der Waals surface area (Å²) in [7, 11) is 0. The van der Waals surface area contributed by atoms with E-state index in [2.05, 4.69) is 27.3 Å². The molecule has 0 aromatic heterocycles. The van der Waals surface area contributed by atoms with Crippen molar-refractivity contribution < 1.29 is 4.39 Å². The number of anilines is 1. The number of nitriles is 1. The number of hydrogen-bond acceptors (Lipinski definition) is 2. The molecule has 0 saturated carbocycles. The van der Waals surface area contributed by atoms with Gasteiger partial charge in [0.1, 0.15) is 11.9 Å². The summed E-state index contributed by atoms with van der Waals surface area (Å²) in [6.07, 6.45) is 0. The van der Waals surface area contributed by atoms with Gasteiger partial charge in [-0.25, -0.2) is 4.39 Å². The normalized spacial score (nSPS) is 10.0. The van der Waals surface area contributed by atoms with E-state index in [0.717, 1.165) is 10.0 Å². The van der Waals surface area contributed by atoms with Gasteiger partial charge in [0.05, 0.1) is 11.3 Å². The maximum Gasteiger partial charge on any atom is 0.124 e. The Morgan fingerprint density at radius 1 is 1.26 bits per heavy atom. The quantitative estimate of drug-likeness (QED) is 0.878. The molecule has 0 aliphatic carbocycles. The van der Waals surface area contributed by atoms with Crippen molar-refractivity contribution in [3.8, 4) is 6.07 Å². The van der Waals surface area contributed by atoms with E-state index < -0.39 is 0 Å². The van der Waals surface area contributed by atoms with Gasteiger partial charge in [-0.05, 0) is 35.9 Å². The van der Waals surface area contributed by atoms with E-state index in [1.807, 2.05) is 6.07 Å². The second-order valence-electron chi connectivity index (χ2n) is 3.89. The van der Waals surface area contributed by atoms with Crippen molar-refractivity contribution >= 4 is 33.2 Å². The second kappa shape index (κ2) is 6.05. The third-order valence-electron chi connectivity index (χ3n) is 2.59. The first kappa shape index (κ1) is 13.9. The minimum Gasteiger partial charge on any atom is -0.380 e. The van der Waals surface area contributed by atoms with Crippen molar-refractivity contribution in [1.82, 2.24) is 0 Å². The van der Waals surface area contributed by atoms with Crippen LogP contribution in [0.1, 0.15) is 11.1 Å². The maximum atomic E-state index is 12.9. The first-order chi connectivity index (χ1) is 9.10. The van der Waals surface area contributed by atoms with Crippen LogP contribution in [-0.4, -0.2) is 0 Å². The Morgan fingerprint density at radius 3 is 2.74 bits per heavy atom. The molecule has 0 radical (unpaired) electrons. The fraction of sp³-hybridized carbons (Fsp3) is 0.0714. The smallest absolute Gasteiger partial charge is 0.124 e. The van der Waals surface area contributed by atoms with Crippen LogP contribution in [0.15, 0.2) is 40.9 Å². The van der Waals surface area contributed by atoms with Gasteiger partial charge in [-0.15, -0.1) is 0 Å². The van der Waals surface area contributed by atoms with Gasteiger partial charge < -0.3 is 5.32 Å². The molecule has 0 aliphatic rings. The van der Waals surface area contributed by atoms with Crippen LogP contribution in [-0.2, 0) is 6.54 Å². The zero-order chi connectivity index (χ0) is 13.8. The van der Waals surface area contributed by atoms with Gasteiger partial charge in [-0.1, -0.05) is 33.6 Å². The van der Waals surface area contributed by atoms with Gasteiger partial charge in [0.15, 0.2) is 0 Å². The van der Waals surface area contributed by atoms with Gasteiger partial charge in [-0.2, -0.15) is 5.26 Å². The standard InChI is InChI=1S/C14H9BrClFN2/c15-11-2-4-14(10(5-11)7-18)19-8-9-1-3-12(17)6-13(9)16/h1-6,19H,8H2. The van der Waals surface area contributed by atoms with Crippen molar-refractivity contribution in [2.24, 2.45) is 0 Å². The highest BCUT2D eigenvalue weighted by Gasteiger charge is 2.05. The SMILES string of the molecule is N#Cc1cc(Br)ccc1NCc1ccc(F)cc1Cl. The highest BCUT2D eigenvalue weighted by Crippen LogP contribution is 2.23. The Bertz CT molecular complexity index is 652. The average molecular weight is 340 g/mol. The van der Waals surface area contributed by atoms with Crippen LogP contribution in [0, 0.1) is 17.1 Å². The molecule has 0 aliphatic heterocycles. The molecule has 2 rings (SSSR count). The van der Waals surface area contributed by atoms with E-state index in [9.17, 15) is 4.39 Å². The van der Waals surface area contributed by atoms with Crippen LogP contribution in [0.5, 0.6) is 0 Å². The Kier molecular flexibility index (Phi) is 4.41. The van der Waals surface area contributed by atoms with E-state index in [1.54, 1.807) is 18.2 Å². The second-order valence-corrected chi connectivity index (χ2v) is 5.21. The number of rotatable bonds is 3. The number of benzene rings is 2. The third kappa shape index (κ3) is 3.46. The van der Waals surface area contributed by atoms with Crippen molar-refractivity contribution in [3.05, 3.63) is 62.8 Å². The lowest BCUT2D eigenvalue weighted by molar-refractivity contribution is 0.627. The first-order valence-electron chi connectivity index (χ1n) is 5.47. The van der Waals surface area contributed by atoms with E-state index in [-0.39, 0.29) is 5.82 Å². The molecule has 2 nitrogen and oxygen atoms in total. The number of hydrogen-bond donors (Lipinski definition) is 1. The largest absolute Gasteiger partial charge is 0.380 e. The highest BCUT2D eigenvalue weighted by molar-refractivity contribution is 9.10. The first-order valence-corrected chi connectivity index (χ1v) is 6.64. The molecule has 0 heterocycles. The summed E-state index contributed by atoms with van der Waals surface area (Å²) in [6.45, 7) is 0.426. The third-order valence-corrected chi connectivity index (χ3v) is 3.43. The molecule has 0 bridgehead atoms. The molecule has 0 atom stereocenters. The molecule has 0 unspecified atom stereocenters. The molecule has 96 valence electrons. The molecule has 0 amide bonds. The molecule has 0 spiro atoms. The molecule has 19 heavy (non-hydrogen) atoms. The lowest BCUT2D eigenvalue weighted by Crippen LogP contribution is -2.02. The number of nitrogens with one attached hydrogen (secondary N) is 1. The summed E-state index contributed by atoms with van der Waals surface area (Å²) in [5.41, 5.74) is 2.02. The monoisotopic (exact) mass is 338 g/mol. The predicted octanol–water partition coefficient (Wildman–Crippen LogP) is 4.73. The van der Waals surface area contributed by atoms with Crippen LogP contribution < -0.4 is 5.32 Å². The highest BCUT2D eigenvalue weighted by atomic mass is 79.9. The molecular formula is C14H9BrClFN2. The van der Waals surface area contributed by atoms with Crippen molar-refractivity contribution in [2.75, 3.05) is 5.32 Å². The lowest BCUT2D eigenvalue weighted by atomic mass is 10.1. The van der Waals surface area contributed by atoms with E-state index in [0.29, 0.717) is 22.8 Å². The molecule has 1 N–H and O–H groups in total. The van der Waals surface area contributed by atoms with E-state index >= 15 is 0 Å². The van der Waals surface area contributed by atoms with Gasteiger partial charge in [-0.3, -0.25) is 0 Å². The van der Waals surface area contributed by atoms with Crippen molar-refractivity contribution in [2.45, 2.75) is 6.54 Å². The van der Waals surface area contributed by atoms with Gasteiger partial charge in [0.2, 0.25) is 0 Å². The number of nitrogens with zero attached hydrogens (tertiary/aromatic N) is 1. The summed E-state index contributed by atoms with van der Waals surface area (Å²) in [4.78, 5) is 0. The summed E-state index contributed by atoms with van der Waals surface area (Å²) < 4.78 is 13.8. The average Bonchev–Trinajstić information content (AvgIpc) is 2.39. The topological polar surface area (TPSA) is 35.8 Å².